The molecule has 6 heteroatoms. The van der Waals surface area contributed by atoms with Gasteiger partial charge in [0.25, 0.3) is 5.91 Å². The minimum absolute atomic E-state index is 0.0479. The lowest BCUT2D eigenvalue weighted by molar-refractivity contribution is 0.102. The van der Waals surface area contributed by atoms with Crippen molar-refractivity contribution >= 4 is 33.5 Å². The molecule has 4 aromatic rings. The van der Waals surface area contributed by atoms with E-state index >= 15 is 0 Å². The molecule has 0 aliphatic rings. The highest BCUT2D eigenvalue weighted by atomic mass is 16.5. The maximum atomic E-state index is 12.9. The van der Waals surface area contributed by atoms with Crippen molar-refractivity contribution in [3.63, 3.8) is 0 Å². The molecule has 0 atom stereocenters. The molecule has 0 saturated carbocycles. The fourth-order valence-electron chi connectivity index (χ4n) is 3.26. The second-order valence-corrected chi connectivity index (χ2v) is 6.76. The van der Waals surface area contributed by atoms with E-state index in [2.05, 4.69) is 10.5 Å². The molecule has 0 aliphatic heterocycles. The number of rotatable bonds is 4. The summed E-state index contributed by atoms with van der Waals surface area (Å²) in [5, 5.41) is 8.78. The Morgan fingerprint density at radius 3 is 2.67 bits per heavy atom. The third kappa shape index (κ3) is 2.83. The number of hydrogen-bond acceptors (Lipinski definition) is 5. The summed E-state index contributed by atoms with van der Waals surface area (Å²) >= 11 is 0. The molecule has 0 fully saturated rings. The number of methoxy groups -OCH3 is 1. The minimum Gasteiger partial charge on any atom is -0.495 e. The fraction of sp³-hybridized carbons (Fsp3) is 0.238. The molecule has 27 heavy (non-hydrogen) atoms. The molecule has 2 aromatic carbocycles. The number of carbonyl (C=O) groups excluding carboxylic acids is 1. The zero-order chi connectivity index (χ0) is 19.1. The highest BCUT2D eigenvalue weighted by molar-refractivity contribution is 6.10. The van der Waals surface area contributed by atoms with Crippen LogP contribution in [0.4, 0.5) is 5.69 Å². The van der Waals surface area contributed by atoms with Gasteiger partial charge in [0, 0.05) is 22.8 Å². The van der Waals surface area contributed by atoms with Crippen LogP contribution in [0.5, 0.6) is 5.75 Å². The average molecular weight is 364 g/mol. The van der Waals surface area contributed by atoms with Crippen molar-refractivity contribution in [3.05, 3.63) is 53.4 Å². The van der Waals surface area contributed by atoms with Gasteiger partial charge in [0.15, 0.2) is 5.76 Å². The Balaban J connectivity index is 1.78. The number of aryl methyl sites for hydroxylation is 1. The van der Waals surface area contributed by atoms with Gasteiger partial charge in [0.05, 0.1) is 18.5 Å². The molecule has 138 valence electrons. The second kappa shape index (κ2) is 6.46. The third-order valence-electron chi connectivity index (χ3n) is 4.59. The van der Waals surface area contributed by atoms with Crippen LogP contribution in [0, 0.1) is 6.92 Å². The number of fused-ring (bicyclic) bond motifs is 3. The number of nitrogens with zero attached hydrogens (tertiary/aromatic N) is 1. The molecule has 1 N–H and O–H groups in total. The summed E-state index contributed by atoms with van der Waals surface area (Å²) in [4.78, 5) is 12.9. The molecule has 2 heterocycles. The summed E-state index contributed by atoms with van der Waals surface area (Å²) < 4.78 is 16.7. The van der Waals surface area contributed by atoms with Gasteiger partial charge in [0.1, 0.15) is 22.5 Å². The molecular formula is C21H20N2O4. The molecule has 0 unspecified atom stereocenters. The topological polar surface area (TPSA) is 77.5 Å². The molecule has 4 rings (SSSR count). The summed E-state index contributed by atoms with van der Waals surface area (Å²) in [6.07, 6.45) is 0. The number of aromatic nitrogens is 1. The van der Waals surface area contributed by atoms with E-state index in [1.54, 1.807) is 20.1 Å². The van der Waals surface area contributed by atoms with E-state index in [4.69, 9.17) is 13.7 Å². The van der Waals surface area contributed by atoms with Crippen LogP contribution in [0.15, 0.2) is 45.3 Å². The first kappa shape index (κ1) is 17.1. The Morgan fingerprint density at radius 1 is 1.15 bits per heavy atom. The van der Waals surface area contributed by atoms with Crippen LogP contribution in [-0.2, 0) is 0 Å². The van der Waals surface area contributed by atoms with Crippen molar-refractivity contribution in [1.29, 1.82) is 0 Å². The van der Waals surface area contributed by atoms with E-state index in [9.17, 15) is 4.79 Å². The first-order valence-corrected chi connectivity index (χ1v) is 8.76. The Morgan fingerprint density at radius 2 is 1.93 bits per heavy atom. The van der Waals surface area contributed by atoms with Crippen LogP contribution in [0.25, 0.3) is 21.9 Å². The van der Waals surface area contributed by atoms with Crippen molar-refractivity contribution in [2.45, 2.75) is 26.7 Å². The number of carbonyl (C=O) groups is 1. The zero-order valence-electron chi connectivity index (χ0n) is 15.6. The van der Waals surface area contributed by atoms with Gasteiger partial charge >= 0.3 is 0 Å². The monoisotopic (exact) mass is 364 g/mol. The van der Waals surface area contributed by atoms with Gasteiger partial charge < -0.3 is 19.0 Å². The van der Waals surface area contributed by atoms with Crippen LogP contribution >= 0.6 is 0 Å². The van der Waals surface area contributed by atoms with Crippen molar-refractivity contribution in [1.82, 2.24) is 5.16 Å². The summed E-state index contributed by atoms with van der Waals surface area (Å²) in [5.74, 6) is 0.884. The number of benzene rings is 2. The smallest absolute Gasteiger partial charge is 0.261 e. The minimum atomic E-state index is -0.286. The lowest BCUT2D eigenvalue weighted by Gasteiger charge is -2.11. The summed E-state index contributed by atoms with van der Waals surface area (Å²) in [5.41, 5.74) is 3.01. The van der Waals surface area contributed by atoms with E-state index in [-0.39, 0.29) is 11.8 Å². The molecule has 0 spiro atoms. The fourth-order valence-corrected chi connectivity index (χ4v) is 3.26. The highest BCUT2D eigenvalue weighted by Gasteiger charge is 2.24. The number of furan rings is 1. The lowest BCUT2D eigenvalue weighted by Crippen LogP contribution is -2.15. The van der Waals surface area contributed by atoms with Crippen molar-refractivity contribution in [3.8, 4) is 5.75 Å². The standard InChI is InChI=1S/C21H20N2O4/c1-11(2)20-19(12(3)23-27-20)21(24)22-15-10-17-14(9-18(15)25-4)13-7-5-6-8-16(13)26-17/h5-11H,1-4H3,(H,22,24). The molecule has 6 nitrogen and oxygen atoms in total. The lowest BCUT2D eigenvalue weighted by atomic mass is 10.0. The maximum Gasteiger partial charge on any atom is 0.261 e. The average Bonchev–Trinajstić information content (AvgIpc) is 3.21. The molecular weight excluding hydrogens is 344 g/mol. The van der Waals surface area contributed by atoms with E-state index in [1.165, 1.54) is 0 Å². The van der Waals surface area contributed by atoms with Crippen molar-refractivity contribution in [2.75, 3.05) is 12.4 Å². The van der Waals surface area contributed by atoms with E-state index in [0.717, 1.165) is 16.4 Å². The number of amides is 1. The molecule has 0 radical (unpaired) electrons. The number of ether oxygens (including phenoxy) is 1. The number of para-hydroxylation sites is 1. The molecule has 2 aromatic heterocycles. The molecule has 1 amide bonds. The van der Waals surface area contributed by atoms with Gasteiger partial charge in [-0.05, 0) is 19.1 Å². The van der Waals surface area contributed by atoms with Gasteiger partial charge in [-0.3, -0.25) is 4.79 Å². The Bertz CT molecular complexity index is 1150. The van der Waals surface area contributed by atoms with E-state index in [1.807, 2.05) is 44.2 Å². The van der Waals surface area contributed by atoms with Crippen LogP contribution in [-0.4, -0.2) is 18.2 Å². The Kier molecular flexibility index (Phi) is 4.11. The van der Waals surface area contributed by atoms with Crippen molar-refractivity contribution in [2.24, 2.45) is 0 Å². The van der Waals surface area contributed by atoms with Gasteiger partial charge in [-0.1, -0.05) is 37.2 Å². The van der Waals surface area contributed by atoms with E-state index < -0.39 is 0 Å². The second-order valence-electron chi connectivity index (χ2n) is 6.76. The summed E-state index contributed by atoms with van der Waals surface area (Å²) in [7, 11) is 1.57. The number of anilines is 1. The first-order valence-electron chi connectivity index (χ1n) is 8.76. The Hall–Kier alpha value is -3.28. The zero-order valence-corrected chi connectivity index (χ0v) is 15.6. The van der Waals surface area contributed by atoms with Crippen LogP contribution in [0.1, 0.15) is 41.6 Å². The maximum absolute atomic E-state index is 12.9. The largest absolute Gasteiger partial charge is 0.495 e. The van der Waals surface area contributed by atoms with Crippen molar-refractivity contribution < 1.29 is 18.5 Å². The van der Waals surface area contributed by atoms with Gasteiger partial charge in [-0.15, -0.1) is 0 Å². The molecule has 0 saturated heterocycles. The highest BCUT2D eigenvalue weighted by Crippen LogP contribution is 2.36. The number of hydrogen-bond donors (Lipinski definition) is 1. The predicted molar refractivity (Wildman–Crippen MR) is 104 cm³/mol. The van der Waals surface area contributed by atoms with Gasteiger partial charge in [-0.25, -0.2) is 0 Å². The molecule has 0 aliphatic carbocycles. The quantitative estimate of drug-likeness (QED) is 0.534. The summed E-state index contributed by atoms with van der Waals surface area (Å²) in [6, 6.07) is 11.4. The van der Waals surface area contributed by atoms with Gasteiger partial charge in [-0.2, -0.15) is 0 Å². The van der Waals surface area contributed by atoms with Gasteiger partial charge in [0.2, 0.25) is 0 Å². The third-order valence-corrected chi connectivity index (χ3v) is 4.59. The van der Waals surface area contributed by atoms with Crippen LogP contribution < -0.4 is 10.1 Å². The van der Waals surface area contributed by atoms with Crippen LogP contribution in [0.2, 0.25) is 0 Å². The SMILES string of the molecule is COc1cc2c(cc1NC(=O)c1c(C)noc1C(C)C)oc1ccccc12. The number of nitrogens with one attached hydrogen (secondary N) is 1. The van der Waals surface area contributed by atoms with E-state index in [0.29, 0.717) is 34.0 Å². The summed E-state index contributed by atoms with van der Waals surface area (Å²) in [6.45, 7) is 5.67. The molecule has 0 bridgehead atoms. The Labute approximate surface area is 156 Å². The van der Waals surface area contributed by atoms with Crippen LogP contribution in [0.3, 0.4) is 0 Å². The first-order chi connectivity index (χ1) is 13.0. The normalized spacial score (nSPS) is 11.4. The predicted octanol–water partition coefficient (Wildman–Crippen LogP) is 5.27.